The van der Waals surface area contributed by atoms with Crippen molar-refractivity contribution in [1.29, 1.82) is 0 Å². The van der Waals surface area contributed by atoms with E-state index >= 15 is 0 Å². The van der Waals surface area contributed by atoms with Crippen molar-refractivity contribution in [2.75, 3.05) is 25.0 Å². The Labute approximate surface area is 113 Å². The average molecular weight is 262 g/mol. The van der Waals surface area contributed by atoms with Crippen LogP contribution in [0.5, 0.6) is 5.75 Å². The summed E-state index contributed by atoms with van der Waals surface area (Å²) in [5, 5.41) is 14.8. The van der Waals surface area contributed by atoms with E-state index < -0.39 is 0 Å². The maximum Gasteiger partial charge on any atom is 0.238 e. The van der Waals surface area contributed by atoms with E-state index in [1.807, 2.05) is 6.92 Å². The van der Waals surface area contributed by atoms with Crippen molar-refractivity contribution in [3.63, 3.8) is 0 Å². The molecular weight excluding hydrogens is 244 g/mol. The van der Waals surface area contributed by atoms with Crippen LogP contribution in [0.15, 0.2) is 18.2 Å². The van der Waals surface area contributed by atoms with Crippen molar-refractivity contribution < 1.29 is 14.6 Å². The van der Waals surface area contributed by atoms with E-state index in [2.05, 4.69) is 16.6 Å². The first kappa shape index (κ1) is 15.0. The Balaban J connectivity index is 2.64. The molecule has 19 heavy (non-hydrogen) atoms. The highest BCUT2D eigenvalue weighted by Gasteiger charge is 2.06. The first-order chi connectivity index (χ1) is 9.21. The monoisotopic (exact) mass is 262 g/mol. The number of aliphatic hydroxyl groups is 1. The van der Waals surface area contributed by atoms with E-state index in [1.54, 1.807) is 18.2 Å². The summed E-state index contributed by atoms with van der Waals surface area (Å²) < 4.78 is 5.36. The van der Waals surface area contributed by atoms with Crippen molar-refractivity contribution in [3.05, 3.63) is 23.8 Å². The van der Waals surface area contributed by atoms with Gasteiger partial charge in [-0.2, -0.15) is 0 Å². The van der Waals surface area contributed by atoms with Gasteiger partial charge in [-0.1, -0.05) is 5.92 Å². The third kappa shape index (κ3) is 5.00. The van der Waals surface area contributed by atoms with Crippen molar-refractivity contribution >= 4 is 11.6 Å². The Hall–Kier alpha value is -2.03. The van der Waals surface area contributed by atoms with E-state index in [4.69, 9.17) is 11.2 Å². The number of carbonyl (C=O) groups excluding carboxylic acids is 1. The molecule has 0 atom stereocenters. The molecule has 0 aliphatic rings. The molecule has 0 heterocycles. The number of hydrogen-bond acceptors (Lipinski definition) is 4. The van der Waals surface area contributed by atoms with Crippen molar-refractivity contribution in [1.82, 2.24) is 5.32 Å². The van der Waals surface area contributed by atoms with Gasteiger partial charge in [-0.05, 0) is 25.1 Å². The summed E-state index contributed by atoms with van der Waals surface area (Å²) in [6.07, 6.45) is 5.06. The molecule has 5 heteroatoms. The highest BCUT2D eigenvalue weighted by molar-refractivity contribution is 5.92. The molecule has 3 N–H and O–H groups in total. The SMILES string of the molecule is C#CCNCC(=O)Nc1ccc(OCC)c(CO)c1. The standard InChI is InChI=1S/C14H18N2O3/c1-3-7-15-9-14(18)16-12-5-6-13(19-4-2)11(8-12)10-17/h1,5-6,8,15,17H,4,7,9-10H2,2H3,(H,16,18). The number of amides is 1. The van der Waals surface area contributed by atoms with Crippen molar-refractivity contribution in [2.45, 2.75) is 13.5 Å². The molecule has 1 amide bonds. The second-order valence-electron chi connectivity index (χ2n) is 3.77. The van der Waals surface area contributed by atoms with Crippen LogP contribution in [0.1, 0.15) is 12.5 Å². The van der Waals surface area contributed by atoms with Crippen LogP contribution in [-0.2, 0) is 11.4 Å². The Bertz CT molecular complexity index is 466. The van der Waals surface area contributed by atoms with Gasteiger partial charge < -0.3 is 15.2 Å². The number of anilines is 1. The van der Waals surface area contributed by atoms with Crippen LogP contribution in [0.2, 0.25) is 0 Å². The quantitative estimate of drug-likeness (QED) is 0.500. The summed E-state index contributed by atoms with van der Waals surface area (Å²) in [4.78, 5) is 11.6. The molecule has 5 nitrogen and oxygen atoms in total. The molecule has 0 radical (unpaired) electrons. The van der Waals surface area contributed by atoms with Gasteiger partial charge >= 0.3 is 0 Å². The molecule has 0 saturated carbocycles. The average Bonchev–Trinajstić information content (AvgIpc) is 2.41. The lowest BCUT2D eigenvalue weighted by Gasteiger charge is -2.11. The van der Waals surface area contributed by atoms with Crippen molar-refractivity contribution in [2.24, 2.45) is 0 Å². The van der Waals surface area contributed by atoms with E-state index in [9.17, 15) is 9.90 Å². The Kier molecular flexibility index (Phi) is 6.44. The van der Waals surface area contributed by atoms with Gasteiger partial charge in [-0.3, -0.25) is 10.1 Å². The molecule has 102 valence electrons. The zero-order valence-electron chi connectivity index (χ0n) is 10.9. The predicted molar refractivity (Wildman–Crippen MR) is 73.9 cm³/mol. The summed E-state index contributed by atoms with van der Waals surface area (Å²) in [5.74, 6) is 2.81. The van der Waals surface area contributed by atoms with Gasteiger partial charge in [0.2, 0.25) is 5.91 Å². The molecule has 0 fully saturated rings. The molecule has 0 bridgehead atoms. The van der Waals surface area contributed by atoms with Crippen LogP contribution in [0, 0.1) is 12.3 Å². The number of benzene rings is 1. The number of aliphatic hydroxyl groups excluding tert-OH is 1. The molecule has 1 rings (SSSR count). The van der Waals surface area contributed by atoms with E-state index in [1.165, 1.54) is 0 Å². The number of rotatable bonds is 7. The summed E-state index contributed by atoms with van der Waals surface area (Å²) >= 11 is 0. The number of hydrogen-bond donors (Lipinski definition) is 3. The Morgan fingerprint density at radius 1 is 1.53 bits per heavy atom. The smallest absolute Gasteiger partial charge is 0.238 e. The fraction of sp³-hybridized carbons (Fsp3) is 0.357. The lowest BCUT2D eigenvalue weighted by Crippen LogP contribution is -2.28. The Morgan fingerprint density at radius 2 is 2.32 bits per heavy atom. The number of ether oxygens (including phenoxy) is 1. The molecule has 0 aromatic heterocycles. The minimum absolute atomic E-state index is 0.144. The van der Waals surface area contributed by atoms with Crippen LogP contribution >= 0.6 is 0 Å². The van der Waals surface area contributed by atoms with E-state index in [-0.39, 0.29) is 19.1 Å². The van der Waals surface area contributed by atoms with Crippen LogP contribution in [0.25, 0.3) is 0 Å². The van der Waals surface area contributed by atoms with Gasteiger partial charge in [0.15, 0.2) is 0 Å². The third-order valence-electron chi connectivity index (χ3n) is 2.33. The van der Waals surface area contributed by atoms with Crippen LogP contribution in [0.3, 0.4) is 0 Å². The molecular formula is C14H18N2O3. The second kappa shape index (κ2) is 8.14. The number of carbonyl (C=O) groups is 1. The van der Waals surface area contributed by atoms with E-state index in [0.717, 1.165) is 0 Å². The summed E-state index contributed by atoms with van der Waals surface area (Å²) in [6.45, 7) is 2.74. The molecule has 1 aromatic carbocycles. The van der Waals surface area contributed by atoms with Gasteiger partial charge in [0, 0.05) is 11.3 Å². The first-order valence-corrected chi connectivity index (χ1v) is 6.01. The third-order valence-corrected chi connectivity index (χ3v) is 2.33. The number of terminal acetylenes is 1. The minimum Gasteiger partial charge on any atom is -0.494 e. The molecule has 0 aliphatic heterocycles. The Morgan fingerprint density at radius 3 is 2.95 bits per heavy atom. The summed E-state index contributed by atoms with van der Waals surface area (Å²) in [6, 6.07) is 5.13. The lowest BCUT2D eigenvalue weighted by molar-refractivity contribution is -0.115. The van der Waals surface area contributed by atoms with Crippen LogP contribution < -0.4 is 15.4 Å². The van der Waals surface area contributed by atoms with Crippen LogP contribution in [0.4, 0.5) is 5.69 Å². The normalized spacial score (nSPS) is 9.74. The molecule has 0 aliphatic carbocycles. The van der Waals surface area contributed by atoms with Crippen LogP contribution in [-0.4, -0.2) is 30.7 Å². The van der Waals surface area contributed by atoms with Gasteiger partial charge in [0.1, 0.15) is 5.75 Å². The zero-order chi connectivity index (χ0) is 14.1. The fourth-order valence-corrected chi connectivity index (χ4v) is 1.53. The molecule has 1 aromatic rings. The largest absolute Gasteiger partial charge is 0.494 e. The maximum absolute atomic E-state index is 11.6. The van der Waals surface area contributed by atoms with Gasteiger partial charge in [-0.15, -0.1) is 6.42 Å². The zero-order valence-corrected chi connectivity index (χ0v) is 10.9. The molecule has 0 spiro atoms. The fourth-order valence-electron chi connectivity index (χ4n) is 1.53. The van der Waals surface area contributed by atoms with Gasteiger partial charge in [-0.25, -0.2) is 0 Å². The summed E-state index contributed by atoms with van der Waals surface area (Å²) in [7, 11) is 0. The summed E-state index contributed by atoms with van der Waals surface area (Å²) in [5.41, 5.74) is 1.25. The molecule has 0 saturated heterocycles. The topological polar surface area (TPSA) is 70.6 Å². The highest BCUT2D eigenvalue weighted by Crippen LogP contribution is 2.22. The predicted octanol–water partition coefficient (Wildman–Crippen LogP) is 0.739. The highest BCUT2D eigenvalue weighted by atomic mass is 16.5. The van der Waals surface area contributed by atoms with Gasteiger partial charge in [0.05, 0.1) is 26.3 Å². The minimum atomic E-state index is -0.191. The molecule has 0 unspecified atom stereocenters. The van der Waals surface area contributed by atoms with E-state index in [0.29, 0.717) is 30.2 Å². The van der Waals surface area contributed by atoms with Gasteiger partial charge in [0.25, 0.3) is 0 Å². The first-order valence-electron chi connectivity index (χ1n) is 6.01. The maximum atomic E-state index is 11.6. The lowest BCUT2D eigenvalue weighted by atomic mass is 10.2. The van der Waals surface area contributed by atoms with Crippen molar-refractivity contribution in [3.8, 4) is 18.1 Å². The number of nitrogens with one attached hydrogen (secondary N) is 2. The second-order valence-corrected chi connectivity index (χ2v) is 3.77.